The van der Waals surface area contributed by atoms with Crippen molar-refractivity contribution in [3.63, 3.8) is 0 Å². The van der Waals surface area contributed by atoms with Crippen LogP contribution in [-0.2, 0) is 6.42 Å². The molecule has 4 heteroatoms. The molecule has 0 saturated carbocycles. The fourth-order valence-electron chi connectivity index (χ4n) is 0.824. The van der Waals surface area contributed by atoms with Crippen molar-refractivity contribution in [2.45, 2.75) is 6.42 Å². The van der Waals surface area contributed by atoms with Crippen LogP contribution in [0.3, 0.4) is 0 Å². The molecule has 0 atom stereocenters. The highest BCUT2D eigenvalue weighted by molar-refractivity contribution is 9.10. The lowest BCUT2D eigenvalue weighted by Gasteiger charge is -2.02. The molecule has 62 valence electrons. The molecule has 1 aromatic carbocycles. The van der Waals surface area contributed by atoms with Gasteiger partial charge >= 0.3 is 0 Å². The average Bonchev–Trinajstić information content (AvgIpc) is 2.01. The van der Waals surface area contributed by atoms with Gasteiger partial charge in [0.05, 0.1) is 12.5 Å². The minimum Gasteiger partial charge on any atom is -0.398 e. The molecule has 2 N–H and O–H groups in total. The smallest absolute Gasteiger partial charge is 0.0670 e. The van der Waals surface area contributed by atoms with Crippen molar-refractivity contribution in [2.24, 2.45) is 0 Å². The largest absolute Gasteiger partial charge is 0.398 e. The highest BCUT2D eigenvalue weighted by Gasteiger charge is 2.03. The molecule has 0 amide bonds. The van der Waals surface area contributed by atoms with E-state index in [1.807, 2.05) is 6.07 Å². The number of halogens is 2. The highest BCUT2D eigenvalue weighted by atomic mass is 79.9. The number of nitrogens with two attached hydrogens (primary N) is 1. The quantitative estimate of drug-likeness (QED) is 0.774. The molecule has 0 bridgehead atoms. The average molecular weight is 246 g/mol. The van der Waals surface area contributed by atoms with Crippen LogP contribution in [0.25, 0.3) is 0 Å². The summed E-state index contributed by atoms with van der Waals surface area (Å²) in [5, 5.41) is 8.99. The second kappa shape index (κ2) is 3.79. The number of nitrogens with zero attached hydrogens (tertiary/aromatic N) is 1. The molecule has 0 radical (unpaired) electrons. The topological polar surface area (TPSA) is 49.8 Å². The van der Waals surface area contributed by atoms with Crippen LogP contribution in [0.5, 0.6) is 0 Å². The number of rotatable bonds is 1. The van der Waals surface area contributed by atoms with E-state index in [1.165, 1.54) is 0 Å². The summed E-state index contributed by atoms with van der Waals surface area (Å²) >= 11 is 9.09. The first-order chi connectivity index (χ1) is 5.65. The van der Waals surface area contributed by atoms with Crippen LogP contribution >= 0.6 is 27.5 Å². The molecule has 0 fully saturated rings. The fraction of sp³-hybridized carbons (Fsp3) is 0.125. The van der Waals surface area contributed by atoms with Gasteiger partial charge in [0.1, 0.15) is 0 Å². The summed E-state index contributed by atoms with van der Waals surface area (Å²) in [6.45, 7) is 0. The second-order valence-corrected chi connectivity index (χ2v) is 3.56. The van der Waals surface area contributed by atoms with Crippen LogP contribution in [0.2, 0.25) is 5.02 Å². The number of hydrogen-bond acceptors (Lipinski definition) is 2. The van der Waals surface area contributed by atoms with Crippen molar-refractivity contribution < 1.29 is 0 Å². The zero-order chi connectivity index (χ0) is 9.14. The summed E-state index contributed by atoms with van der Waals surface area (Å²) in [5.74, 6) is 0. The molecule has 0 saturated heterocycles. The van der Waals surface area contributed by atoms with Gasteiger partial charge < -0.3 is 5.73 Å². The fourth-order valence-corrected chi connectivity index (χ4v) is 1.45. The minimum absolute atomic E-state index is 0.303. The maximum atomic E-state index is 8.45. The van der Waals surface area contributed by atoms with Crippen LogP contribution in [0.1, 0.15) is 5.56 Å². The van der Waals surface area contributed by atoms with Crippen molar-refractivity contribution in [2.75, 3.05) is 5.73 Å². The molecule has 0 aromatic heterocycles. The van der Waals surface area contributed by atoms with Gasteiger partial charge in [-0.2, -0.15) is 5.26 Å². The SMILES string of the molecule is N#CCc1cc(Br)c(N)cc1Cl. The second-order valence-electron chi connectivity index (χ2n) is 2.30. The molecule has 0 aliphatic heterocycles. The number of anilines is 1. The van der Waals surface area contributed by atoms with Gasteiger partial charge in [-0.25, -0.2) is 0 Å². The van der Waals surface area contributed by atoms with E-state index in [4.69, 9.17) is 22.6 Å². The van der Waals surface area contributed by atoms with Gasteiger partial charge in [-0.3, -0.25) is 0 Å². The molecule has 0 spiro atoms. The lowest BCUT2D eigenvalue weighted by Crippen LogP contribution is -1.90. The van der Waals surface area contributed by atoms with E-state index in [-0.39, 0.29) is 0 Å². The Morgan fingerprint density at radius 2 is 2.25 bits per heavy atom. The Hall–Kier alpha value is -0.720. The Labute approximate surface area is 84.1 Å². The summed E-state index contributed by atoms with van der Waals surface area (Å²) in [6.07, 6.45) is 0.303. The maximum absolute atomic E-state index is 8.45. The number of hydrogen-bond donors (Lipinski definition) is 1. The van der Waals surface area contributed by atoms with Crippen molar-refractivity contribution >= 4 is 33.2 Å². The Bertz CT molecular complexity index is 344. The lowest BCUT2D eigenvalue weighted by molar-refractivity contribution is 1.26. The predicted molar refractivity (Wildman–Crippen MR) is 52.9 cm³/mol. The Kier molecular flexibility index (Phi) is 2.96. The molecule has 1 rings (SSSR count). The molecule has 2 nitrogen and oxygen atoms in total. The molecule has 0 unspecified atom stereocenters. The number of nitrogen functional groups attached to an aromatic ring is 1. The van der Waals surface area contributed by atoms with Gasteiger partial charge in [0.15, 0.2) is 0 Å². The molecule has 12 heavy (non-hydrogen) atoms. The Balaban J connectivity index is 3.16. The molecular formula is C8H6BrClN2. The van der Waals surface area contributed by atoms with Gasteiger partial charge in [0, 0.05) is 15.2 Å². The standard InChI is InChI=1S/C8H6BrClN2/c9-6-3-5(1-2-11)7(10)4-8(6)12/h3-4H,1,12H2. The van der Waals surface area contributed by atoms with E-state index in [2.05, 4.69) is 15.9 Å². The van der Waals surface area contributed by atoms with E-state index in [0.717, 1.165) is 10.0 Å². The molecule has 1 aromatic rings. The van der Waals surface area contributed by atoms with Crippen molar-refractivity contribution in [1.82, 2.24) is 0 Å². The summed E-state index contributed by atoms with van der Waals surface area (Å²) in [7, 11) is 0. The van der Waals surface area contributed by atoms with E-state index in [1.54, 1.807) is 12.1 Å². The first-order valence-electron chi connectivity index (χ1n) is 3.25. The maximum Gasteiger partial charge on any atom is 0.0670 e. The number of benzene rings is 1. The highest BCUT2D eigenvalue weighted by Crippen LogP contribution is 2.27. The van der Waals surface area contributed by atoms with E-state index < -0.39 is 0 Å². The van der Waals surface area contributed by atoms with Crippen LogP contribution in [0.4, 0.5) is 5.69 Å². The van der Waals surface area contributed by atoms with Gasteiger partial charge in [-0.15, -0.1) is 0 Å². The normalized spacial score (nSPS) is 9.42. The van der Waals surface area contributed by atoms with Crippen molar-refractivity contribution in [1.29, 1.82) is 5.26 Å². The third kappa shape index (κ3) is 1.90. The van der Waals surface area contributed by atoms with E-state index in [0.29, 0.717) is 17.1 Å². The summed E-state index contributed by atoms with van der Waals surface area (Å²) in [6, 6.07) is 5.43. The van der Waals surface area contributed by atoms with Crippen molar-refractivity contribution in [3.05, 3.63) is 27.2 Å². The lowest BCUT2D eigenvalue weighted by atomic mass is 10.1. The van der Waals surface area contributed by atoms with Crippen molar-refractivity contribution in [3.8, 4) is 6.07 Å². The zero-order valence-electron chi connectivity index (χ0n) is 6.14. The van der Waals surface area contributed by atoms with Gasteiger partial charge in [-0.05, 0) is 33.6 Å². The van der Waals surface area contributed by atoms with Gasteiger partial charge in [0.25, 0.3) is 0 Å². The zero-order valence-corrected chi connectivity index (χ0v) is 8.48. The first-order valence-corrected chi connectivity index (χ1v) is 4.42. The van der Waals surface area contributed by atoms with Crippen LogP contribution in [0, 0.1) is 11.3 Å². The minimum atomic E-state index is 0.303. The van der Waals surface area contributed by atoms with Gasteiger partial charge in [-0.1, -0.05) is 11.6 Å². The summed E-state index contributed by atoms with van der Waals surface area (Å²) in [5.41, 5.74) is 6.95. The molecule has 0 aliphatic carbocycles. The monoisotopic (exact) mass is 244 g/mol. The molecular weight excluding hydrogens is 239 g/mol. The Morgan fingerprint density at radius 1 is 1.58 bits per heavy atom. The van der Waals surface area contributed by atoms with Crippen LogP contribution in [0.15, 0.2) is 16.6 Å². The summed E-state index contributed by atoms with van der Waals surface area (Å²) < 4.78 is 0.775. The van der Waals surface area contributed by atoms with Gasteiger partial charge in [0.2, 0.25) is 0 Å². The van der Waals surface area contributed by atoms with E-state index in [9.17, 15) is 0 Å². The third-order valence-electron chi connectivity index (χ3n) is 1.44. The first kappa shape index (κ1) is 9.37. The Morgan fingerprint density at radius 3 is 2.83 bits per heavy atom. The van der Waals surface area contributed by atoms with Crippen LogP contribution < -0.4 is 5.73 Å². The van der Waals surface area contributed by atoms with E-state index >= 15 is 0 Å². The number of nitriles is 1. The van der Waals surface area contributed by atoms with Crippen LogP contribution in [-0.4, -0.2) is 0 Å². The molecule has 0 aliphatic rings. The third-order valence-corrected chi connectivity index (χ3v) is 2.47. The molecule has 0 heterocycles. The predicted octanol–water partition coefficient (Wildman–Crippen LogP) is 2.75. The summed E-state index contributed by atoms with van der Waals surface area (Å²) in [4.78, 5) is 0.